The maximum absolute atomic E-state index is 12.4. The fourth-order valence-electron chi connectivity index (χ4n) is 2.92. The van der Waals surface area contributed by atoms with E-state index in [0.717, 1.165) is 11.3 Å². The van der Waals surface area contributed by atoms with E-state index in [4.69, 9.17) is 14.2 Å². The maximum Gasteiger partial charge on any atom is 0.323 e. The normalized spacial score (nSPS) is 17.4. The van der Waals surface area contributed by atoms with Gasteiger partial charge in [-0.3, -0.25) is 0 Å². The molecule has 3 rings (SSSR count). The number of hydrogen-bond donors (Lipinski definition) is 2. The number of ether oxygens (including phenoxy) is 3. The summed E-state index contributed by atoms with van der Waals surface area (Å²) in [5, 5.41) is 5.66. The van der Waals surface area contributed by atoms with Gasteiger partial charge in [-0.2, -0.15) is 0 Å². The van der Waals surface area contributed by atoms with Gasteiger partial charge in [0.2, 0.25) is 0 Å². The summed E-state index contributed by atoms with van der Waals surface area (Å²) >= 11 is 0. The van der Waals surface area contributed by atoms with Gasteiger partial charge in [0, 0.05) is 17.9 Å². The molecule has 1 aliphatic heterocycles. The van der Waals surface area contributed by atoms with Gasteiger partial charge in [-0.15, -0.1) is 0 Å². The minimum absolute atomic E-state index is 0.339. The number of carbonyl (C=O) groups is 1. The topological polar surface area (TPSA) is 68.8 Å². The van der Waals surface area contributed by atoms with Crippen molar-refractivity contribution in [3.8, 4) is 11.5 Å². The van der Waals surface area contributed by atoms with Crippen LogP contribution in [0.3, 0.4) is 0 Å². The van der Waals surface area contributed by atoms with Gasteiger partial charge in [0.15, 0.2) is 0 Å². The predicted octanol–water partition coefficient (Wildman–Crippen LogP) is 4.93. The number of rotatable bonds is 7. The van der Waals surface area contributed by atoms with E-state index in [1.54, 1.807) is 6.07 Å². The Morgan fingerprint density at radius 2 is 1.93 bits per heavy atom. The highest BCUT2D eigenvalue weighted by atomic mass is 16.5. The van der Waals surface area contributed by atoms with Crippen LogP contribution < -0.4 is 20.1 Å². The quantitative estimate of drug-likeness (QED) is 0.712. The second kappa shape index (κ2) is 8.80. The number of carbonyl (C=O) groups excluding carboxylic acids is 1. The third-order valence-corrected chi connectivity index (χ3v) is 4.25. The molecule has 6 nitrogen and oxygen atoms in total. The lowest BCUT2D eigenvalue weighted by atomic mass is 10.0. The number of amides is 2. The standard InChI is InChI=1S/C22H26N2O4/c1-4-26-15-22(3)13-12-16-14-17(10-11-19(16)28-22)23-21(25)24-18-8-6-7-9-20(18)27-5-2/h6-14H,4-5,15H2,1-3H3,(H2,23,24,25). The van der Waals surface area contributed by atoms with Gasteiger partial charge < -0.3 is 24.8 Å². The Labute approximate surface area is 165 Å². The fourth-order valence-corrected chi connectivity index (χ4v) is 2.92. The van der Waals surface area contributed by atoms with E-state index in [2.05, 4.69) is 10.6 Å². The van der Waals surface area contributed by atoms with Crippen LogP contribution in [0.15, 0.2) is 48.5 Å². The minimum atomic E-state index is -0.488. The van der Waals surface area contributed by atoms with E-state index in [1.807, 2.05) is 69.3 Å². The Morgan fingerprint density at radius 3 is 2.71 bits per heavy atom. The van der Waals surface area contributed by atoms with Crippen molar-refractivity contribution in [2.75, 3.05) is 30.5 Å². The van der Waals surface area contributed by atoms with Gasteiger partial charge in [0.25, 0.3) is 0 Å². The van der Waals surface area contributed by atoms with Crippen LogP contribution in [0.2, 0.25) is 0 Å². The molecule has 0 spiro atoms. The Balaban J connectivity index is 1.67. The van der Waals surface area contributed by atoms with Crippen molar-refractivity contribution in [1.82, 2.24) is 0 Å². The highest BCUT2D eigenvalue weighted by molar-refractivity contribution is 6.00. The van der Waals surface area contributed by atoms with Crippen LogP contribution in [0.1, 0.15) is 26.3 Å². The van der Waals surface area contributed by atoms with Crippen LogP contribution in [-0.2, 0) is 4.74 Å². The molecule has 148 valence electrons. The summed E-state index contributed by atoms with van der Waals surface area (Å²) in [6.07, 6.45) is 3.97. The lowest BCUT2D eigenvalue weighted by molar-refractivity contribution is 0.0188. The summed E-state index contributed by atoms with van der Waals surface area (Å²) in [5.74, 6) is 1.40. The van der Waals surface area contributed by atoms with Crippen molar-refractivity contribution in [1.29, 1.82) is 0 Å². The Kier molecular flexibility index (Phi) is 6.21. The Hall–Kier alpha value is -2.99. The third-order valence-electron chi connectivity index (χ3n) is 4.25. The van der Waals surface area contributed by atoms with Crippen molar-refractivity contribution in [3.63, 3.8) is 0 Å². The first-order chi connectivity index (χ1) is 13.5. The van der Waals surface area contributed by atoms with Gasteiger partial charge in [-0.05, 0) is 57.2 Å². The smallest absolute Gasteiger partial charge is 0.323 e. The molecular weight excluding hydrogens is 356 g/mol. The van der Waals surface area contributed by atoms with Crippen molar-refractivity contribution in [2.45, 2.75) is 26.4 Å². The van der Waals surface area contributed by atoms with Crippen LogP contribution in [0, 0.1) is 0 Å². The van der Waals surface area contributed by atoms with Gasteiger partial charge >= 0.3 is 6.03 Å². The number of fused-ring (bicyclic) bond motifs is 1. The molecule has 28 heavy (non-hydrogen) atoms. The van der Waals surface area contributed by atoms with Crippen LogP contribution in [0.4, 0.5) is 16.2 Å². The zero-order valence-corrected chi connectivity index (χ0v) is 16.5. The van der Waals surface area contributed by atoms with Crippen molar-refractivity contribution >= 4 is 23.5 Å². The summed E-state index contributed by atoms with van der Waals surface area (Å²) in [4.78, 5) is 12.4. The van der Waals surface area contributed by atoms with E-state index in [1.165, 1.54) is 0 Å². The van der Waals surface area contributed by atoms with E-state index in [0.29, 0.717) is 36.9 Å². The minimum Gasteiger partial charge on any atom is -0.492 e. The molecule has 1 aliphatic rings. The van der Waals surface area contributed by atoms with Crippen molar-refractivity contribution < 1.29 is 19.0 Å². The molecule has 0 radical (unpaired) electrons. The van der Waals surface area contributed by atoms with E-state index >= 15 is 0 Å². The van der Waals surface area contributed by atoms with Crippen LogP contribution >= 0.6 is 0 Å². The zero-order valence-electron chi connectivity index (χ0n) is 16.5. The van der Waals surface area contributed by atoms with Crippen molar-refractivity contribution in [3.05, 3.63) is 54.1 Å². The van der Waals surface area contributed by atoms with Crippen molar-refractivity contribution in [2.24, 2.45) is 0 Å². The average molecular weight is 382 g/mol. The molecule has 0 aromatic heterocycles. The number of anilines is 2. The molecule has 1 unspecified atom stereocenters. The zero-order chi connectivity index (χ0) is 20.0. The molecule has 2 N–H and O–H groups in total. The van der Waals surface area contributed by atoms with Gasteiger partial charge in [-0.25, -0.2) is 4.79 Å². The molecule has 6 heteroatoms. The monoisotopic (exact) mass is 382 g/mol. The summed E-state index contributed by atoms with van der Waals surface area (Å²) in [6, 6.07) is 12.5. The highest BCUT2D eigenvalue weighted by Gasteiger charge is 2.27. The molecule has 1 heterocycles. The average Bonchev–Trinajstić information content (AvgIpc) is 2.68. The Morgan fingerprint density at radius 1 is 1.11 bits per heavy atom. The molecule has 2 aromatic carbocycles. The Bertz CT molecular complexity index is 865. The van der Waals surface area contributed by atoms with E-state index in [-0.39, 0.29) is 6.03 Å². The highest BCUT2D eigenvalue weighted by Crippen LogP contribution is 2.33. The molecule has 0 fully saturated rings. The third kappa shape index (κ3) is 4.84. The van der Waals surface area contributed by atoms with Crippen LogP contribution in [0.5, 0.6) is 11.5 Å². The molecule has 0 saturated heterocycles. The number of hydrogen-bond acceptors (Lipinski definition) is 4. The summed E-state index contributed by atoms with van der Waals surface area (Å²) < 4.78 is 17.1. The molecule has 2 aromatic rings. The van der Waals surface area contributed by atoms with Gasteiger partial charge in [0.1, 0.15) is 17.1 Å². The van der Waals surface area contributed by atoms with Crippen LogP contribution in [0.25, 0.3) is 6.08 Å². The largest absolute Gasteiger partial charge is 0.492 e. The summed E-state index contributed by atoms with van der Waals surface area (Å²) in [7, 11) is 0. The molecule has 0 aliphatic carbocycles. The molecule has 1 atom stereocenters. The molecule has 0 saturated carbocycles. The van der Waals surface area contributed by atoms with E-state index in [9.17, 15) is 4.79 Å². The molecule has 0 bridgehead atoms. The number of nitrogens with one attached hydrogen (secondary N) is 2. The van der Waals surface area contributed by atoms with Gasteiger partial charge in [0.05, 0.1) is 18.9 Å². The summed E-state index contributed by atoms with van der Waals surface area (Å²) in [5.41, 5.74) is 1.71. The second-order valence-corrected chi connectivity index (χ2v) is 6.65. The first-order valence-corrected chi connectivity index (χ1v) is 9.43. The van der Waals surface area contributed by atoms with Gasteiger partial charge in [-0.1, -0.05) is 18.2 Å². The SMILES string of the molecule is CCOCC1(C)C=Cc2cc(NC(=O)Nc3ccccc3OCC)ccc2O1. The number of para-hydroxylation sites is 2. The number of urea groups is 1. The first kappa shape index (κ1) is 19.8. The fraction of sp³-hybridized carbons (Fsp3) is 0.318. The second-order valence-electron chi connectivity index (χ2n) is 6.65. The first-order valence-electron chi connectivity index (χ1n) is 9.43. The lowest BCUT2D eigenvalue weighted by Crippen LogP contribution is -2.37. The predicted molar refractivity (Wildman–Crippen MR) is 111 cm³/mol. The molecule has 2 amide bonds. The van der Waals surface area contributed by atoms with Crippen LogP contribution in [-0.4, -0.2) is 31.5 Å². The molecular formula is C22H26N2O4. The summed E-state index contributed by atoms with van der Waals surface area (Å²) in [6.45, 7) is 7.50. The maximum atomic E-state index is 12.4. The van der Waals surface area contributed by atoms with E-state index < -0.39 is 5.60 Å². The number of benzene rings is 2. The lowest BCUT2D eigenvalue weighted by Gasteiger charge is -2.31.